The van der Waals surface area contributed by atoms with Crippen molar-refractivity contribution in [2.45, 2.75) is 13.1 Å². The Morgan fingerprint density at radius 2 is 2.06 bits per heavy atom. The van der Waals surface area contributed by atoms with Crippen molar-refractivity contribution in [2.24, 2.45) is 0 Å². The van der Waals surface area contributed by atoms with E-state index < -0.39 is 25.2 Å². The van der Waals surface area contributed by atoms with E-state index >= 15 is 0 Å². The number of benzene rings is 1. The molecule has 0 aliphatic rings. The molecular weight excluding hydrogens is 235 g/mol. The SMILES string of the molecule is Cc1cc(N)ccc1C(=O)COCC(F)(F)F. The second-order valence-corrected chi connectivity index (χ2v) is 3.61. The van der Waals surface area contributed by atoms with Crippen LogP contribution in [0.1, 0.15) is 15.9 Å². The monoisotopic (exact) mass is 247 g/mol. The van der Waals surface area contributed by atoms with Crippen molar-refractivity contribution in [3.63, 3.8) is 0 Å². The molecule has 0 aromatic heterocycles. The number of nitrogens with two attached hydrogens (primary N) is 1. The van der Waals surface area contributed by atoms with Gasteiger partial charge >= 0.3 is 6.18 Å². The second kappa shape index (κ2) is 5.18. The summed E-state index contributed by atoms with van der Waals surface area (Å²) in [7, 11) is 0. The van der Waals surface area contributed by atoms with Crippen LogP contribution in [-0.4, -0.2) is 25.2 Å². The molecule has 17 heavy (non-hydrogen) atoms. The second-order valence-electron chi connectivity index (χ2n) is 3.61. The van der Waals surface area contributed by atoms with Gasteiger partial charge in [-0.05, 0) is 30.7 Å². The van der Waals surface area contributed by atoms with E-state index in [9.17, 15) is 18.0 Å². The summed E-state index contributed by atoms with van der Waals surface area (Å²) in [4.78, 5) is 11.5. The number of ketones is 1. The summed E-state index contributed by atoms with van der Waals surface area (Å²) >= 11 is 0. The van der Waals surface area contributed by atoms with Gasteiger partial charge in [0.2, 0.25) is 0 Å². The minimum absolute atomic E-state index is 0.321. The first-order chi connectivity index (χ1) is 7.79. The quantitative estimate of drug-likeness (QED) is 0.656. The Hall–Kier alpha value is -1.56. The number of aryl methyl sites for hydroxylation is 1. The molecule has 0 aliphatic heterocycles. The van der Waals surface area contributed by atoms with Crippen molar-refractivity contribution in [3.05, 3.63) is 29.3 Å². The lowest BCUT2D eigenvalue weighted by molar-refractivity contribution is -0.170. The number of carbonyl (C=O) groups is 1. The first-order valence-corrected chi connectivity index (χ1v) is 4.83. The molecule has 0 spiro atoms. The molecule has 0 saturated carbocycles. The Labute approximate surface area is 96.4 Å². The van der Waals surface area contributed by atoms with Gasteiger partial charge in [0.1, 0.15) is 13.2 Å². The maximum Gasteiger partial charge on any atom is 0.411 e. The number of rotatable bonds is 4. The Balaban J connectivity index is 2.59. The summed E-state index contributed by atoms with van der Waals surface area (Å²) in [5.74, 6) is -0.494. The van der Waals surface area contributed by atoms with Gasteiger partial charge in [0.15, 0.2) is 5.78 Å². The molecule has 6 heteroatoms. The van der Waals surface area contributed by atoms with Gasteiger partial charge in [-0.2, -0.15) is 13.2 Å². The third-order valence-electron chi connectivity index (χ3n) is 2.05. The first-order valence-electron chi connectivity index (χ1n) is 4.83. The van der Waals surface area contributed by atoms with E-state index in [0.29, 0.717) is 16.8 Å². The number of hydrogen-bond acceptors (Lipinski definition) is 3. The smallest absolute Gasteiger partial charge is 0.399 e. The number of anilines is 1. The molecule has 0 bridgehead atoms. The van der Waals surface area contributed by atoms with Crippen LogP contribution in [0.2, 0.25) is 0 Å². The molecule has 0 saturated heterocycles. The summed E-state index contributed by atoms with van der Waals surface area (Å²) < 4.78 is 39.7. The molecule has 2 N–H and O–H groups in total. The summed E-state index contributed by atoms with van der Waals surface area (Å²) in [6, 6.07) is 4.57. The van der Waals surface area contributed by atoms with Gasteiger partial charge in [-0.1, -0.05) is 0 Å². The molecular formula is C11H12F3NO2. The third kappa shape index (κ3) is 4.44. The number of hydrogen-bond donors (Lipinski definition) is 1. The largest absolute Gasteiger partial charge is 0.411 e. The fraction of sp³-hybridized carbons (Fsp3) is 0.364. The van der Waals surface area contributed by atoms with Crippen molar-refractivity contribution >= 4 is 11.5 Å². The van der Waals surface area contributed by atoms with Crippen molar-refractivity contribution < 1.29 is 22.7 Å². The molecule has 3 nitrogen and oxygen atoms in total. The van der Waals surface area contributed by atoms with E-state index in [-0.39, 0.29) is 0 Å². The first kappa shape index (κ1) is 13.5. The standard InChI is InChI=1S/C11H12F3NO2/c1-7-4-8(15)2-3-9(7)10(16)5-17-6-11(12,13)14/h2-4H,5-6,15H2,1H3. The lowest BCUT2D eigenvalue weighted by atomic mass is 10.0. The average Bonchev–Trinajstić information content (AvgIpc) is 2.15. The van der Waals surface area contributed by atoms with E-state index in [2.05, 4.69) is 4.74 Å². The van der Waals surface area contributed by atoms with Crippen LogP contribution in [0.4, 0.5) is 18.9 Å². The van der Waals surface area contributed by atoms with Crippen LogP contribution < -0.4 is 5.73 Å². The van der Waals surface area contributed by atoms with Gasteiger partial charge < -0.3 is 10.5 Å². The number of nitrogen functional groups attached to an aromatic ring is 1. The van der Waals surface area contributed by atoms with Crippen molar-refractivity contribution in [1.29, 1.82) is 0 Å². The van der Waals surface area contributed by atoms with Crippen molar-refractivity contribution in [1.82, 2.24) is 0 Å². The summed E-state index contributed by atoms with van der Waals surface area (Å²) in [5, 5.41) is 0. The third-order valence-corrected chi connectivity index (χ3v) is 2.05. The van der Waals surface area contributed by atoms with Gasteiger partial charge in [0.05, 0.1) is 0 Å². The Bertz CT molecular complexity index is 416. The molecule has 0 radical (unpaired) electrons. The fourth-order valence-corrected chi connectivity index (χ4v) is 1.34. The molecule has 1 aromatic carbocycles. The Morgan fingerprint density at radius 3 is 2.59 bits per heavy atom. The molecule has 0 fully saturated rings. The maximum atomic E-state index is 11.8. The fourth-order valence-electron chi connectivity index (χ4n) is 1.34. The van der Waals surface area contributed by atoms with Gasteiger partial charge in [-0.3, -0.25) is 4.79 Å². The number of ether oxygens (including phenoxy) is 1. The minimum atomic E-state index is -4.42. The topological polar surface area (TPSA) is 52.3 Å². The number of halogens is 3. The zero-order valence-electron chi connectivity index (χ0n) is 9.17. The number of Topliss-reactive ketones (excluding diaryl/α,β-unsaturated/α-hetero) is 1. The highest BCUT2D eigenvalue weighted by Gasteiger charge is 2.27. The predicted molar refractivity (Wildman–Crippen MR) is 56.8 cm³/mol. The molecule has 1 aromatic rings. The lowest BCUT2D eigenvalue weighted by Crippen LogP contribution is -2.20. The van der Waals surface area contributed by atoms with Crippen LogP contribution in [0, 0.1) is 6.92 Å². The van der Waals surface area contributed by atoms with Gasteiger partial charge in [-0.25, -0.2) is 0 Å². The van der Waals surface area contributed by atoms with Gasteiger partial charge in [-0.15, -0.1) is 0 Å². The molecule has 94 valence electrons. The Kier molecular flexibility index (Phi) is 4.11. The van der Waals surface area contributed by atoms with Crippen LogP contribution in [0.3, 0.4) is 0 Å². The number of alkyl halides is 3. The van der Waals surface area contributed by atoms with E-state index in [1.165, 1.54) is 12.1 Å². The van der Waals surface area contributed by atoms with Gasteiger partial charge in [0, 0.05) is 11.3 Å². The zero-order chi connectivity index (χ0) is 13.1. The van der Waals surface area contributed by atoms with Crippen LogP contribution in [0.25, 0.3) is 0 Å². The molecule has 0 atom stereocenters. The van der Waals surface area contributed by atoms with Crippen LogP contribution in [0.5, 0.6) is 0 Å². The van der Waals surface area contributed by atoms with Crippen LogP contribution >= 0.6 is 0 Å². The number of carbonyl (C=O) groups excluding carboxylic acids is 1. The maximum absolute atomic E-state index is 11.8. The van der Waals surface area contributed by atoms with Crippen molar-refractivity contribution in [3.8, 4) is 0 Å². The minimum Gasteiger partial charge on any atom is -0.399 e. The molecule has 0 heterocycles. The van der Waals surface area contributed by atoms with E-state index in [4.69, 9.17) is 5.73 Å². The highest BCUT2D eigenvalue weighted by atomic mass is 19.4. The molecule has 0 aliphatic carbocycles. The molecule has 0 amide bonds. The van der Waals surface area contributed by atoms with Gasteiger partial charge in [0.25, 0.3) is 0 Å². The lowest BCUT2D eigenvalue weighted by Gasteiger charge is -2.08. The van der Waals surface area contributed by atoms with E-state index in [1.807, 2.05) is 0 Å². The van der Waals surface area contributed by atoms with Crippen LogP contribution in [-0.2, 0) is 4.74 Å². The van der Waals surface area contributed by atoms with Crippen LogP contribution in [0.15, 0.2) is 18.2 Å². The predicted octanol–water partition coefficient (Wildman–Crippen LogP) is 2.34. The highest BCUT2D eigenvalue weighted by Crippen LogP contribution is 2.16. The van der Waals surface area contributed by atoms with Crippen molar-refractivity contribution in [2.75, 3.05) is 18.9 Å². The van der Waals surface area contributed by atoms with E-state index in [0.717, 1.165) is 0 Å². The summed E-state index contributed by atoms with van der Waals surface area (Å²) in [6.45, 7) is -0.357. The Morgan fingerprint density at radius 1 is 1.41 bits per heavy atom. The molecule has 0 unspecified atom stereocenters. The normalized spacial score (nSPS) is 11.5. The highest BCUT2D eigenvalue weighted by molar-refractivity contribution is 5.98. The average molecular weight is 247 g/mol. The summed E-state index contributed by atoms with van der Waals surface area (Å²) in [6.07, 6.45) is -4.42. The van der Waals surface area contributed by atoms with E-state index in [1.54, 1.807) is 13.0 Å². The summed E-state index contributed by atoms with van der Waals surface area (Å²) in [5.41, 5.74) is 6.93. The zero-order valence-corrected chi connectivity index (χ0v) is 9.17. The molecule has 1 rings (SSSR count).